The van der Waals surface area contributed by atoms with E-state index in [2.05, 4.69) is 106 Å². The predicted molar refractivity (Wildman–Crippen MR) is 85.7 cm³/mol. The minimum atomic E-state index is -0.0181. The highest BCUT2D eigenvalue weighted by Crippen LogP contribution is 2.31. The number of halogens is 1. The van der Waals surface area contributed by atoms with Crippen LogP contribution in [0, 0.1) is 5.41 Å². The number of alkyl halides is 1. The van der Waals surface area contributed by atoms with Gasteiger partial charge in [0.15, 0.2) is 0 Å². The number of allylic oxidation sites excluding steroid dienone is 4. The smallest absolute Gasteiger partial charge is 0.0553 e. The lowest BCUT2D eigenvalue weighted by Gasteiger charge is -2.32. The molecule has 0 bridgehead atoms. The van der Waals surface area contributed by atoms with E-state index in [0.717, 1.165) is 0 Å². The Morgan fingerprint density at radius 2 is 1.18 bits per heavy atom. The number of hydrogen-bond acceptors (Lipinski definition) is 1. The van der Waals surface area contributed by atoms with Crippen LogP contribution in [0.4, 0.5) is 0 Å². The Labute approximate surface area is 120 Å². The Hall–Kier alpha value is -0.0900. The van der Waals surface area contributed by atoms with Gasteiger partial charge in [0.05, 0.1) is 8.96 Å². The number of nitrogens with zero attached hydrogens (tertiary/aromatic N) is 1. The Kier molecular flexibility index (Phi) is 4.30. The van der Waals surface area contributed by atoms with E-state index in [-0.39, 0.29) is 14.4 Å². The van der Waals surface area contributed by atoms with Gasteiger partial charge in [-0.15, -0.1) is 0 Å². The standard InChI is InChI=1S/C15H24IN/c1-13(2)7-9-14(3,16)10-12-15(4,11-8-13)17(5)6/h7-12H,1-6H3/b9-7-,11-8-,12-10-. The van der Waals surface area contributed by atoms with Gasteiger partial charge in [-0.2, -0.15) is 0 Å². The monoisotopic (exact) mass is 345 g/mol. The van der Waals surface area contributed by atoms with Gasteiger partial charge in [-0.3, -0.25) is 4.90 Å². The fourth-order valence-electron chi connectivity index (χ4n) is 1.56. The molecule has 2 atom stereocenters. The molecule has 96 valence electrons. The van der Waals surface area contributed by atoms with Crippen molar-refractivity contribution in [2.75, 3.05) is 14.1 Å². The van der Waals surface area contributed by atoms with Crippen LogP contribution in [0.5, 0.6) is 0 Å². The molecule has 0 aliphatic heterocycles. The van der Waals surface area contributed by atoms with Crippen LogP contribution in [-0.4, -0.2) is 28.0 Å². The second kappa shape index (κ2) is 4.88. The van der Waals surface area contributed by atoms with E-state index in [1.165, 1.54) is 0 Å². The van der Waals surface area contributed by atoms with Crippen LogP contribution >= 0.6 is 22.6 Å². The van der Waals surface area contributed by atoms with Crippen LogP contribution in [0.3, 0.4) is 0 Å². The maximum absolute atomic E-state index is 2.49. The summed E-state index contributed by atoms with van der Waals surface area (Å²) in [5, 5.41) is 0. The highest BCUT2D eigenvalue weighted by molar-refractivity contribution is 14.1. The quantitative estimate of drug-likeness (QED) is 0.391. The summed E-state index contributed by atoms with van der Waals surface area (Å²) in [6.07, 6.45) is 13.8. The molecule has 0 aromatic rings. The van der Waals surface area contributed by atoms with E-state index in [4.69, 9.17) is 0 Å². The number of hydrogen-bond donors (Lipinski definition) is 0. The minimum Gasteiger partial charge on any atom is -0.297 e. The van der Waals surface area contributed by atoms with Crippen molar-refractivity contribution in [3.05, 3.63) is 36.5 Å². The Balaban J connectivity index is 3.24. The minimum absolute atomic E-state index is 0.0181. The maximum Gasteiger partial charge on any atom is 0.0553 e. The lowest BCUT2D eigenvalue weighted by Crippen LogP contribution is -2.37. The lowest BCUT2D eigenvalue weighted by atomic mass is 9.89. The second-order valence-electron chi connectivity index (χ2n) is 6.09. The van der Waals surface area contributed by atoms with Crippen LogP contribution in [0.25, 0.3) is 0 Å². The Bertz CT molecular complexity index is 331. The van der Waals surface area contributed by atoms with Crippen LogP contribution in [-0.2, 0) is 0 Å². The molecule has 0 fully saturated rings. The average Bonchev–Trinajstić information content (AvgIpc) is 2.24. The van der Waals surface area contributed by atoms with Gasteiger partial charge in [-0.1, -0.05) is 72.9 Å². The van der Waals surface area contributed by atoms with E-state index in [9.17, 15) is 0 Å². The molecule has 0 radical (unpaired) electrons. The zero-order valence-electron chi connectivity index (χ0n) is 11.8. The highest BCUT2D eigenvalue weighted by Gasteiger charge is 2.25. The molecular formula is C15H24IN. The summed E-state index contributed by atoms with van der Waals surface area (Å²) in [4.78, 5) is 2.24. The molecule has 17 heavy (non-hydrogen) atoms. The van der Waals surface area contributed by atoms with Crippen LogP contribution in [0.15, 0.2) is 36.5 Å². The van der Waals surface area contributed by atoms with Crippen molar-refractivity contribution in [2.24, 2.45) is 5.41 Å². The fourth-order valence-corrected chi connectivity index (χ4v) is 1.92. The van der Waals surface area contributed by atoms with E-state index >= 15 is 0 Å². The summed E-state index contributed by atoms with van der Waals surface area (Å²) >= 11 is 2.49. The number of likely N-dealkylation sites (N-methyl/N-ethyl adjacent to an activating group) is 1. The van der Waals surface area contributed by atoms with Crippen LogP contribution in [0.1, 0.15) is 27.7 Å². The first-order chi connectivity index (χ1) is 7.56. The third kappa shape index (κ3) is 4.25. The topological polar surface area (TPSA) is 3.24 Å². The first-order valence-electron chi connectivity index (χ1n) is 6.04. The first-order valence-corrected chi connectivity index (χ1v) is 7.12. The van der Waals surface area contributed by atoms with E-state index in [1.807, 2.05) is 0 Å². The molecule has 1 aliphatic rings. The van der Waals surface area contributed by atoms with Gasteiger partial charge in [0.2, 0.25) is 0 Å². The van der Waals surface area contributed by atoms with Gasteiger partial charge >= 0.3 is 0 Å². The maximum atomic E-state index is 2.49. The molecular weight excluding hydrogens is 321 g/mol. The van der Waals surface area contributed by atoms with Crippen LogP contribution < -0.4 is 0 Å². The molecule has 2 unspecified atom stereocenters. The van der Waals surface area contributed by atoms with Gasteiger partial charge < -0.3 is 0 Å². The molecule has 0 amide bonds. The highest BCUT2D eigenvalue weighted by atomic mass is 127. The zero-order valence-corrected chi connectivity index (χ0v) is 13.9. The second-order valence-corrected chi connectivity index (χ2v) is 8.42. The molecule has 1 rings (SSSR count). The molecule has 0 heterocycles. The summed E-state index contributed by atoms with van der Waals surface area (Å²) in [5.74, 6) is 0. The van der Waals surface area contributed by atoms with Crippen molar-refractivity contribution in [3.8, 4) is 0 Å². The summed E-state index contributed by atoms with van der Waals surface area (Å²) in [6, 6.07) is 0. The molecule has 0 saturated carbocycles. The third-order valence-corrected chi connectivity index (χ3v) is 4.12. The van der Waals surface area contributed by atoms with Gasteiger partial charge in [-0.05, 0) is 27.9 Å². The Morgan fingerprint density at radius 1 is 0.765 bits per heavy atom. The lowest BCUT2D eigenvalue weighted by molar-refractivity contribution is 0.283. The van der Waals surface area contributed by atoms with Gasteiger partial charge in [0.1, 0.15) is 0 Å². The molecule has 0 spiro atoms. The molecule has 0 aromatic heterocycles. The Morgan fingerprint density at radius 3 is 1.71 bits per heavy atom. The first kappa shape index (κ1) is 15.0. The molecule has 0 saturated heterocycles. The molecule has 0 aromatic carbocycles. The third-order valence-electron chi connectivity index (χ3n) is 3.40. The van der Waals surface area contributed by atoms with E-state index < -0.39 is 0 Å². The largest absolute Gasteiger partial charge is 0.297 e. The van der Waals surface area contributed by atoms with Crippen molar-refractivity contribution in [3.63, 3.8) is 0 Å². The average molecular weight is 345 g/mol. The van der Waals surface area contributed by atoms with Crippen molar-refractivity contribution >= 4 is 22.6 Å². The molecule has 2 heteroatoms. The summed E-state index contributed by atoms with van der Waals surface area (Å²) < 4.78 is 0.0817. The van der Waals surface area contributed by atoms with Crippen molar-refractivity contribution < 1.29 is 0 Å². The van der Waals surface area contributed by atoms with Crippen molar-refractivity contribution in [1.82, 2.24) is 4.90 Å². The SMILES string of the molecule is CN(C)C1(C)/C=C\C(C)(C)/C=C\C(C)(I)/C=C\1. The zero-order chi connectivity index (χ0) is 13.3. The summed E-state index contributed by atoms with van der Waals surface area (Å²) in [6.45, 7) is 8.97. The van der Waals surface area contributed by atoms with Gasteiger partial charge in [0.25, 0.3) is 0 Å². The normalized spacial score (nSPS) is 42.4. The van der Waals surface area contributed by atoms with Gasteiger partial charge in [-0.25, -0.2) is 0 Å². The summed E-state index contributed by atoms with van der Waals surface area (Å²) in [7, 11) is 4.25. The molecule has 1 aliphatic carbocycles. The van der Waals surface area contributed by atoms with Crippen molar-refractivity contribution in [1.29, 1.82) is 0 Å². The van der Waals surface area contributed by atoms with Crippen molar-refractivity contribution in [2.45, 2.75) is 36.7 Å². The molecule has 0 N–H and O–H groups in total. The van der Waals surface area contributed by atoms with E-state index in [0.29, 0.717) is 0 Å². The summed E-state index contributed by atoms with van der Waals surface area (Å²) in [5.41, 5.74) is 0.0887. The molecule has 1 nitrogen and oxygen atoms in total. The number of rotatable bonds is 1. The predicted octanol–water partition coefficient (Wildman–Crippen LogP) is 4.21. The fraction of sp³-hybridized carbons (Fsp3) is 0.600. The van der Waals surface area contributed by atoms with Gasteiger partial charge in [0, 0.05) is 5.41 Å². The van der Waals surface area contributed by atoms with Crippen LogP contribution in [0.2, 0.25) is 0 Å². The van der Waals surface area contributed by atoms with E-state index in [1.54, 1.807) is 0 Å².